The first-order chi connectivity index (χ1) is 33.2. The van der Waals surface area contributed by atoms with Crippen molar-refractivity contribution in [2.75, 3.05) is 93.0 Å². The second kappa shape index (κ2) is 24.9. The summed E-state index contributed by atoms with van der Waals surface area (Å²) in [6.45, 7) is 6.47. The van der Waals surface area contributed by atoms with E-state index in [4.69, 9.17) is 28.4 Å². The molecule has 17 nitrogen and oxygen atoms in total. The molecule has 4 aromatic carbocycles. The van der Waals surface area contributed by atoms with Crippen LogP contribution in [0.1, 0.15) is 67.7 Å². The van der Waals surface area contributed by atoms with Gasteiger partial charge in [-0.25, -0.2) is 19.2 Å². The number of carbonyl (C=O) groups excluding carboxylic acids is 6. The van der Waals surface area contributed by atoms with Crippen molar-refractivity contribution in [3.05, 3.63) is 119 Å². The monoisotopic (exact) mass is 949 g/mol. The molecule has 2 aliphatic rings. The average Bonchev–Trinajstić information content (AvgIpc) is 3.83. The third-order valence-corrected chi connectivity index (χ3v) is 11.6. The Hall–Kier alpha value is -6.98. The topological polar surface area (TPSA) is 192 Å². The number of hydrogen-bond acceptors (Lipinski definition) is 12. The lowest BCUT2D eigenvalue weighted by Crippen LogP contribution is -2.44. The van der Waals surface area contributed by atoms with Gasteiger partial charge in [-0.3, -0.25) is 9.59 Å². The molecule has 6 rings (SSSR count). The normalized spacial score (nSPS) is 12.4. The van der Waals surface area contributed by atoms with Gasteiger partial charge in [-0.2, -0.15) is 0 Å². The Morgan fingerprint density at radius 1 is 0.522 bits per heavy atom. The predicted molar refractivity (Wildman–Crippen MR) is 257 cm³/mol. The van der Waals surface area contributed by atoms with E-state index in [0.717, 1.165) is 44.5 Å². The van der Waals surface area contributed by atoms with Crippen LogP contribution in [0.3, 0.4) is 0 Å². The second-order valence-corrected chi connectivity index (χ2v) is 17.7. The van der Waals surface area contributed by atoms with E-state index in [1.165, 1.54) is 21.7 Å². The van der Waals surface area contributed by atoms with E-state index >= 15 is 0 Å². The molecule has 0 aliphatic heterocycles. The average molecular weight is 950 g/mol. The summed E-state index contributed by atoms with van der Waals surface area (Å²) >= 11 is 0. The molecule has 0 saturated heterocycles. The highest BCUT2D eigenvalue weighted by Crippen LogP contribution is 2.45. The maximum Gasteiger partial charge on any atom is 0.417 e. The molecule has 368 valence electrons. The molecule has 2 aliphatic carbocycles. The minimum Gasteiger partial charge on any atom is -0.449 e. The lowest BCUT2D eigenvalue weighted by molar-refractivity contribution is -0.139. The Morgan fingerprint density at radius 3 is 1.33 bits per heavy atom. The van der Waals surface area contributed by atoms with Crippen LogP contribution in [0.5, 0.6) is 0 Å². The van der Waals surface area contributed by atoms with Gasteiger partial charge in [-0.05, 0) is 65.3 Å². The number of likely N-dealkylation sites (N-methyl/N-ethyl adjacent to an activating group) is 2. The van der Waals surface area contributed by atoms with Crippen LogP contribution in [-0.4, -0.2) is 150 Å². The molecular formula is C52H63N5O12. The fourth-order valence-corrected chi connectivity index (χ4v) is 8.08. The van der Waals surface area contributed by atoms with E-state index in [9.17, 15) is 28.8 Å². The largest absolute Gasteiger partial charge is 0.449 e. The van der Waals surface area contributed by atoms with Crippen LogP contribution in [0.4, 0.5) is 19.2 Å². The van der Waals surface area contributed by atoms with Crippen molar-refractivity contribution >= 4 is 36.2 Å². The first kappa shape index (κ1) is 51.4. The standard InChI is InChI=1S/C52H63N5O12/c1-52(2,3)69-51(63)56(5)27-29-57(46(58)22-30-64-32-24-53-48(60)66-34-44-40-18-10-6-14-36(40)37-15-7-11-19-41(37)44)28-26-55(4)50(62)68-47(59)23-31-65-33-25-54-49(61)67-35-45-42-20-12-8-16-38(42)39-17-9-13-21-43(39)45/h6-21,44-45H,22-35H2,1-5H3,(H,53,60)(H,54,61). The summed E-state index contributed by atoms with van der Waals surface area (Å²) in [6, 6.07) is 32.3. The van der Waals surface area contributed by atoms with Crippen molar-refractivity contribution in [1.29, 1.82) is 0 Å². The SMILES string of the molecule is CN(CCN(CCN(C)C(=O)OC(C)(C)C)C(=O)CCOCCNC(=O)OCC1c2ccccc2-c2ccccc21)C(=O)OC(=O)CCOCCNC(=O)OCC1c2ccccc2-c2ccccc21. The number of amides is 5. The van der Waals surface area contributed by atoms with Crippen molar-refractivity contribution in [2.24, 2.45) is 0 Å². The molecule has 0 aromatic heterocycles. The molecule has 69 heavy (non-hydrogen) atoms. The number of nitrogens with one attached hydrogen (secondary N) is 2. The second-order valence-electron chi connectivity index (χ2n) is 17.7. The van der Waals surface area contributed by atoms with Crippen molar-refractivity contribution in [3.8, 4) is 22.3 Å². The van der Waals surface area contributed by atoms with Crippen LogP contribution in [0.25, 0.3) is 22.3 Å². The van der Waals surface area contributed by atoms with Gasteiger partial charge in [-0.1, -0.05) is 97.1 Å². The first-order valence-electron chi connectivity index (χ1n) is 23.2. The van der Waals surface area contributed by atoms with Crippen LogP contribution in [-0.2, 0) is 38.0 Å². The Kier molecular flexibility index (Phi) is 18.5. The summed E-state index contributed by atoms with van der Waals surface area (Å²) in [4.78, 5) is 80.3. The Balaban J connectivity index is 0.856. The molecule has 0 bridgehead atoms. The zero-order valence-electron chi connectivity index (χ0n) is 40.0. The lowest BCUT2D eigenvalue weighted by Gasteiger charge is -2.29. The maximum absolute atomic E-state index is 13.4. The number of esters is 1. The van der Waals surface area contributed by atoms with Gasteiger partial charge in [0.1, 0.15) is 18.8 Å². The molecule has 0 radical (unpaired) electrons. The number of carbonyl (C=O) groups is 6. The molecule has 0 unspecified atom stereocenters. The van der Waals surface area contributed by atoms with Crippen LogP contribution in [0.15, 0.2) is 97.1 Å². The minimum absolute atomic E-state index is 0.0109. The highest BCUT2D eigenvalue weighted by atomic mass is 16.6. The van der Waals surface area contributed by atoms with E-state index in [1.807, 2.05) is 72.8 Å². The van der Waals surface area contributed by atoms with Crippen molar-refractivity contribution in [3.63, 3.8) is 0 Å². The Labute approximate surface area is 403 Å². The number of hydrogen-bond donors (Lipinski definition) is 2. The molecule has 0 spiro atoms. The third kappa shape index (κ3) is 14.8. The van der Waals surface area contributed by atoms with Gasteiger partial charge in [0.15, 0.2) is 0 Å². The number of benzene rings is 4. The molecule has 0 atom stereocenters. The quantitative estimate of drug-likeness (QED) is 0.0350. The van der Waals surface area contributed by atoms with Gasteiger partial charge >= 0.3 is 30.3 Å². The molecule has 2 N–H and O–H groups in total. The number of ether oxygens (including phenoxy) is 6. The van der Waals surface area contributed by atoms with E-state index in [-0.39, 0.29) is 109 Å². The van der Waals surface area contributed by atoms with Crippen LogP contribution < -0.4 is 10.6 Å². The number of fused-ring (bicyclic) bond motifs is 6. The Bertz CT molecular complexity index is 2330. The van der Waals surface area contributed by atoms with E-state index in [0.29, 0.717) is 0 Å². The molecule has 0 heterocycles. The molecule has 17 heteroatoms. The van der Waals surface area contributed by atoms with Gasteiger partial charge < -0.3 is 53.8 Å². The summed E-state index contributed by atoms with van der Waals surface area (Å²) in [5.74, 6) is -1.25. The predicted octanol–water partition coefficient (Wildman–Crippen LogP) is 7.17. The summed E-state index contributed by atoms with van der Waals surface area (Å²) in [5.41, 5.74) is 8.27. The summed E-state index contributed by atoms with van der Waals surface area (Å²) in [7, 11) is 2.99. The van der Waals surface area contributed by atoms with Crippen LogP contribution in [0.2, 0.25) is 0 Å². The van der Waals surface area contributed by atoms with Crippen molar-refractivity contribution in [2.45, 2.75) is 51.0 Å². The molecule has 0 fully saturated rings. The van der Waals surface area contributed by atoms with Crippen LogP contribution >= 0.6 is 0 Å². The molecule has 0 saturated carbocycles. The maximum atomic E-state index is 13.4. The smallest absolute Gasteiger partial charge is 0.417 e. The molecular weight excluding hydrogens is 887 g/mol. The minimum atomic E-state index is -0.914. The third-order valence-electron chi connectivity index (χ3n) is 11.6. The number of nitrogens with zero attached hydrogens (tertiary/aromatic N) is 3. The van der Waals surface area contributed by atoms with E-state index in [1.54, 1.807) is 27.8 Å². The Morgan fingerprint density at radius 2 is 0.913 bits per heavy atom. The van der Waals surface area contributed by atoms with Gasteiger partial charge in [0.25, 0.3) is 0 Å². The van der Waals surface area contributed by atoms with Crippen molar-refractivity contribution < 1.29 is 57.2 Å². The van der Waals surface area contributed by atoms with Gasteiger partial charge in [0.05, 0.1) is 39.3 Å². The van der Waals surface area contributed by atoms with E-state index < -0.39 is 35.9 Å². The van der Waals surface area contributed by atoms with Crippen LogP contribution in [0, 0.1) is 0 Å². The molecule has 5 amide bonds. The first-order valence-corrected chi connectivity index (χ1v) is 23.2. The van der Waals surface area contributed by atoms with Gasteiger partial charge in [-0.15, -0.1) is 0 Å². The lowest BCUT2D eigenvalue weighted by atomic mass is 9.98. The fourth-order valence-electron chi connectivity index (χ4n) is 8.08. The van der Waals surface area contributed by atoms with Gasteiger partial charge in [0, 0.05) is 65.2 Å². The summed E-state index contributed by atoms with van der Waals surface area (Å²) < 4.78 is 32.7. The fraction of sp³-hybridized carbons (Fsp3) is 0.423. The summed E-state index contributed by atoms with van der Waals surface area (Å²) in [6.07, 6.45) is -2.87. The van der Waals surface area contributed by atoms with Crippen molar-refractivity contribution in [1.82, 2.24) is 25.3 Å². The number of alkyl carbamates (subject to hydrolysis) is 2. The zero-order chi connectivity index (χ0) is 49.3. The van der Waals surface area contributed by atoms with E-state index in [2.05, 4.69) is 34.9 Å². The highest BCUT2D eigenvalue weighted by molar-refractivity contribution is 5.85. The number of rotatable bonds is 22. The summed E-state index contributed by atoms with van der Waals surface area (Å²) in [5, 5.41) is 5.34. The highest BCUT2D eigenvalue weighted by Gasteiger charge is 2.31. The van der Waals surface area contributed by atoms with Gasteiger partial charge in [0.2, 0.25) is 5.91 Å². The molecule has 4 aromatic rings. The zero-order valence-corrected chi connectivity index (χ0v) is 40.0.